The van der Waals surface area contributed by atoms with E-state index in [0.29, 0.717) is 11.7 Å². The fraction of sp³-hybridized carbons (Fsp3) is 0.0909. The van der Waals surface area contributed by atoms with Gasteiger partial charge in [0.25, 0.3) is 0 Å². The largest absolute Gasteiger partial charge is 1.00 e. The van der Waals surface area contributed by atoms with Gasteiger partial charge in [0.1, 0.15) is 52.3 Å². The lowest BCUT2D eigenvalue weighted by Gasteiger charge is -2.28. The van der Waals surface area contributed by atoms with Crippen molar-refractivity contribution in [3.05, 3.63) is 139 Å². The van der Waals surface area contributed by atoms with Gasteiger partial charge < -0.3 is 42.5 Å². The standard InChI is InChI=1S/C25H21O2P.C7H8O3.CH4.BrH/c26-21-16-17-25(27)20(18-21)19-28(22-10-4-1-5-11-22,23-12-6-2-7-13-23)24-14-8-3-9-15-24;8-4-5-3-6(9)1-2-7(5)10;;/h1-18H,19H2,(H-,26,27);1-3,8-10H,4H2;1H4;1H. The lowest BCUT2D eigenvalue weighted by molar-refractivity contribution is -0.0000129. The van der Waals surface area contributed by atoms with Crippen LogP contribution >= 0.6 is 7.26 Å². The third-order valence-electron chi connectivity index (χ3n) is 6.29. The molecule has 0 aromatic heterocycles. The van der Waals surface area contributed by atoms with Gasteiger partial charge in [0.2, 0.25) is 0 Å². The lowest BCUT2D eigenvalue weighted by atomic mass is 10.2. The minimum absolute atomic E-state index is 0. The van der Waals surface area contributed by atoms with E-state index in [1.165, 1.54) is 40.2 Å². The van der Waals surface area contributed by atoms with E-state index in [0.717, 1.165) is 5.56 Å². The number of phenols is 4. The molecule has 0 aliphatic carbocycles. The molecule has 5 nitrogen and oxygen atoms in total. The van der Waals surface area contributed by atoms with Crippen LogP contribution in [0.1, 0.15) is 18.6 Å². The van der Waals surface area contributed by atoms with Gasteiger partial charge in [0.15, 0.2) is 0 Å². The van der Waals surface area contributed by atoms with E-state index in [-0.39, 0.29) is 54.0 Å². The number of aliphatic hydroxyl groups is 1. The maximum atomic E-state index is 10.5. The molecule has 208 valence electrons. The Bertz CT molecular complexity index is 1370. The van der Waals surface area contributed by atoms with Gasteiger partial charge in [-0.3, -0.25) is 0 Å². The van der Waals surface area contributed by atoms with Gasteiger partial charge in [-0.25, -0.2) is 0 Å². The molecule has 0 aliphatic heterocycles. The van der Waals surface area contributed by atoms with Crippen molar-refractivity contribution in [3.63, 3.8) is 0 Å². The molecule has 0 bridgehead atoms. The van der Waals surface area contributed by atoms with Crippen molar-refractivity contribution in [2.45, 2.75) is 20.2 Å². The Balaban J connectivity index is 0.000000399. The van der Waals surface area contributed by atoms with E-state index >= 15 is 0 Å². The molecule has 5 aromatic rings. The number of hydrogen-bond donors (Lipinski definition) is 5. The predicted molar refractivity (Wildman–Crippen MR) is 161 cm³/mol. The second kappa shape index (κ2) is 15.1. The zero-order chi connectivity index (χ0) is 27.0. The average molecular weight is 622 g/mol. The molecule has 0 atom stereocenters. The molecule has 0 saturated heterocycles. The first-order valence-corrected chi connectivity index (χ1v) is 14.1. The van der Waals surface area contributed by atoms with Gasteiger partial charge in [-0.2, -0.15) is 0 Å². The Morgan fingerprint density at radius 3 is 1.18 bits per heavy atom. The second-order valence-corrected chi connectivity index (χ2v) is 12.2. The van der Waals surface area contributed by atoms with Crippen molar-refractivity contribution in [2.24, 2.45) is 0 Å². The normalized spacial score (nSPS) is 10.3. The number of phenolic OH excluding ortho intramolecular Hbond substituents is 3. The molecule has 0 fully saturated rings. The molecule has 7 heteroatoms. The summed E-state index contributed by atoms with van der Waals surface area (Å²) in [6.45, 7) is -0.264. The minimum Gasteiger partial charge on any atom is -1.00 e. The van der Waals surface area contributed by atoms with Crippen LogP contribution in [0.2, 0.25) is 0 Å². The monoisotopic (exact) mass is 620 g/mol. The molecule has 0 saturated carbocycles. The molecule has 0 heterocycles. The molecule has 0 radical (unpaired) electrons. The smallest absolute Gasteiger partial charge is 0.122 e. The first kappa shape index (κ1) is 32.4. The van der Waals surface area contributed by atoms with E-state index in [4.69, 9.17) is 15.3 Å². The van der Waals surface area contributed by atoms with E-state index in [2.05, 4.69) is 72.8 Å². The number of benzene rings is 5. The second-order valence-electron chi connectivity index (χ2n) is 8.76. The fourth-order valence-electron chi connectivity index (χ4n) is 4.42. The van der Waals surface area contributed by atoms with Crippen molar-refractivity contribution >= 4 is 23.2 Å². The van der Waals surface area contributed by atoms with Crippen LogP contribution < -0.4 is 32.9 Å². The summed E-state index contributed by atoms with van der Waals surface area (Å²) in [6, 6.07) is 40.3. The van der Waals surface area contributed by atoms with Crippen molar-refractivity contribution in [2.75, 3.05) is 0 Å². The zero-order valence-electron chi connectivity index (χ0n) is 21.1. The van der Waals surface area contributed by atoms with Gasteiger partial charge in [-0.15, -0.1) is 0 Å². The molecule has 5 N–H and O–H groups in total. The highest BCUT2D eigenvalue weighted by atomic mass is 79.9. The van der Waals surface area contributed by atoms with E-state index in [1.807, 2.05) is 18.2 Å². The van der Waals surface area contributed by atoms with Gasteiger partial charge >= 0.3 is 0 Å². The van der Waals surface area contributed by atoms with Crippen LogP contribution in [-0.2, 0) is 12.8 Å². The van der Waals surface area contributed by atoms with E-state index in [9.17, 15) is 10.2 Å². The molecule has 0 unspecified atom stereocenters. The summed E-state index contributed by atoms with van der Waals surface area (Å²) in [5.74, 6) is 0.423. The molecule has 5 rings (SSSR count). The van der Waals surface area contributed by atoms with Crippen LogP contribution in [0.4, 0.5) is 0 Å². The Kier molecular flexibility index (Phi) is 12.2. The van der Waals surface area contributed by atoms with Crippen LogP contribution in [-0.4, -0.2) is 25.5 Å². The molecule has 0 amide bonds. The number of hydrogen-bond acceptors (Lipinski definition) is 5. The molecule has 5 aromatic carbocycles. The van der Waals surface area contributed by atoms with Crippen LogP contribution in [0, 0.1) is 0 Å². The molecule has 40 heavy (non-hydrogen) atoms. The SMILES string of the molecule is C.OCc1cc(O)ccc1O.Oc1ccc(O)c(C[P+](c2ccccc2)(c2ccccc2)c2ccccc2)c1.[Br-]. The fourth-order valence-corrected chi connectivity index (χ4v) is 8.67. The Hall–Kier alpha value is -3.83. The topological polar surface area (TPSA) is 101 Å². The van der Waals surface area contributed by atoms with Crippen molar-refractivity contribution in [3.8, 4) is 23.0 Å². The molecular formula is C33H34BrO5P. The Morgan fingerprint density at radius 1 is 0.475 bits per heavy atom. The van der Waals surface area contributed by atoms with Crippen LogP contribution in [0.25, 0.3) is 0 Å². The van der Waals surface area contributed by atoms with E-state index < -0.39 is 7.26 Å². The minimum atomic E-state index is -2.09. The third-order valence-corrected chi connectivity index (χ3v) is 10.6. The average Bonchev–Trinajstić information content (AvgIpc) is 2.96. The van der Waals surface area contributed by atoms with Crippen molar-refractivity contribution in [1.29, 1.82) is 0 Å². The highest BCUT2D eigenvalue weighted by Gasteiger charge is 2.45. The first-order valence-electron chi connectivity index (χ1n) is 12.1. The van der Waals surface area contributed by atoms with Crippen molar-refractivity contribution < 1.29 is 42.5 Å². The Morgan fingerprint density at radius 2 is 0.825 bits per heavy atom. The summed E-state index contributed by atoms with van der Waals surface area (Å²) in [5.41, 5.74) is 1.09. The van der Waals surface area contributed by atoms with Gasteiger partial charge in [-0.1, -0.05) is 62.0 Å². The van der Waals surface area contributed by atoms with Crippen LogP contribution in [0.15, 0.2) is 127 Å². The van der Waals surface area contributed by atoms with Gasteiger partial charge in [-0.05, 0) is 72.8 Å². The predicted octanol–water partition coefficient (Wildman–Crippen LogP) is 2.82. The van der Waals surface area contributed by atoms with Crippen LogP contribution in [0.5, 0.6) is 23.0 Å². The maximum absolute atomic E-state index is 10.5. The number of aliphatic hydroxyl groups excluding tert-OH is 1. The summed E-state index contributed by atoms with van der Waals surface area (Å²) in [6.07, 6.45) is 0.630. The number of halogens is 1. The summed E-state index contributed by atoms with van der Waals surface area (Å²) in [7, 11) is -2.09. The number of aromatic hydroxyl groups is 4. The van der Waals surface area contributed by atoms with Gasteiger partial charge in [0.05, 0.1) is 6.61 Å². The van der Waals surface area contributed by atoms with E-state index in [1.54, 1.807) is 12.1 Å². The van der Waals surface area contributed by atoms with Crippen LogP contribution in [0.3, 0.4) is 0 Å². The highest BCUT2D eigenvalue weighted by molar-refractivity contribution is 7.95. The lowest BCUT2D eigenvalue weighted by Crippen LogP contribution is -3.00. The third kappa shape index (κ3) is 7.42. The zero-order valence-corrected chi connectivity index (χ0v) is 23.6. The maximum Gasteiger partial charge on any atom is 0.122 e. The first-order chi connectivity index (χ1) is 18.4. The summed E-state index contributed by atoms with van der Waals surface area (Å²) >= 11 is 0. The number of rotatable bonds is 6. The van der Waals surface area contributed by atoms with Crippen molar-refractivity contribution in [1.82, 2.24) is 0 Å². The molecule has 0 spiro atoms. The summed E-state index contributed by atoms with van der Waals surface area (Å²) in [5, 5.41) is 50.7. The summed E-state index contributed by atoms with van der Waals surface area (Å²) in [4.78, 5) is 0. The van der Waals surface area contributed by atoms with Gasteiger partial charge in [0, 0.05) is 11.1 Å². The summed E-state index contributed by atoms with van der Waals surface area (Å²) < 4.78 is 0. The molecule has 0 aliphatic rings. The molecular weight excluding hydrogens is 587 g/mol. The highest BCUT2D eigenvalue weighted by Crippen LogP contribution is 2.59. The Labute approximate surface area is 246 Å². The quantitative estimate of drug-likeness (QED) is 0.148.